The Balaban J connectivity index is 3.07. The van der Waals surface area contributed by atoms with Gasteiger partial charge < -0.3 is 11.1 Å². The van der Waals surface area contributed by atoms with Crippen molar-refractivity contribution in [3.8, 4) is 0 Å². The van der Waals surface area contributed by atoms with Gasteiger partial charge >= 0.3 is 0 Å². The van der Waals surface area contributed by atoms with E-state index < -0.39 is 0 Å². The smallest absolute Gasteiger partial charge is 0.000363 e. The molecule has 0 saturated carbocycles. The first kappa shape index (κ1) is 8.27. The van der Waals surface area contributed by atoms with E-state index in [2.05, 4.69) is 17.9 Å². The largest absolute Gasteiger partial charge is 0.330 e. The zero-order valence-electron chi connectivity index (χ0n) is 5.22. The minimum Gasteiger partial charge on any atom is -0.330 e. The summed E-state index contributed by atoms with van der Waals surface area (Å²) in [6.07, 6.45) is 0. The molecule has 2 nitrogen and oxygen atoms in total. The predicted octanol–water partition coefficient (Wildman–Crippen LogP) is -0.290. The molecule has 0 radical (unpaired) electrons. The monoisotopic (exact) mass is 134 g/mol. The standard InChI is InChI=1S/C5H14N2S/c1-7-3-5(2-6)4-8/h5,7-8H,2-4,6H2,1H3. The Bertz CT molecular complexity index is 45.7. The van der Waals surface area contributed by atoms with Crippen LogP contribution in [-0.4, -0.2) is 25.9 Å². The van der Waals surface area contributed by atoms with Crippen LogP contribution in [0.15, 0.2) is 0 Å². The van der Waals surface area contributed by atoms with E-state index in [9.17, 15) is 0 Å². The summed E-state index contributed by atoms with van der Waals surface area (Å²) in [7, 11) is 1.92. The molecule has 3 N–H and O–H groups in total. The third-order valence-electron chi connectivity index (χ3n) is 1.08. The summed E-state index contributed by atoms with van der Waals surface area (Å²) in [6.45, 7) is 1.70. The molecule has 0 saturated heterocycles. The first-order chi connectivity index (χ1) is 3.85. The van der Waals surface area contributed by atoms with Gasteiger partial charge in [0.2, 0.25) is 0 Å². The lowest BCUT2D eigenvalue weighted by molar-refractivity contribution is 0.564. The Labute approximate surface area is 56.2 Å². The van der Waals surface area contributed by atoms with Crippen LogP contribution in [0, 0.1) is 5.92 Å². The topological polar surface area (TPSA) is 38.0 Å². The Kier molecular flexibility index (Phi) is 5.59. The molecule has 1 atom stereocenters. The van der Waals surface area contributed by atoms with E-state index >= 15 is 0 Å². The summed E-state index contributed by atoms with van der Waals surface area (Å²) >= 11 is 4.11. The van der Waals surface area contributed by atoms with Gasteiger partial charge in [-0.15, -0.1) is 0 Å². The highest BCUT2D eigenvalue weighted by molar-refractivity contribution is 7.80. The van der Waals surface area contributed by atoms with E-state index in [1.54, 1.807) is 0 Å². The summed E-state index contributed by atoms with van der Waals surface area (Å²) in [5.41, 5.74) is 5.38. The molecule has 8 heavy (non-hydrogen) atoms. The Morgan fingerprint density at radius 1 is 1.75 bits per heavy atom. The van der Waals surface area contributed by atoms with Crippen molar-refractivity contribution < 1.29 is 0 Å². The number of nitrogens with two attached hydrogens (primary N) is 1. The van der Waals surface area contributed by atoms with E-state index in [1.807, 2.05) is 7.05 Å². The summed E-state index contributed by atoms with van der Waals surface area (Å²) in [4.78, 5) is 0. The number of hydrogen-bond donors (Lipinski definition) is 3. The maximum Gasteiger partial charge on any atom is -0.000363 e. The van der Waals surface area contributed by atoms with Crippen molar-refractivity contribution in [1.82, 2.24) is 5.32 Å². The molecule has 0 aliphatic heterocycles. The highest BCUT2D eigenvalue weighted by Gasteiger charge is 1.99. The fraction of sp³-hybridized carbons (Fsp3) is 1.00. The minimum absolute atomic E-state index is 0.531. The van der Waals surface area contributed by atoms with Crippen LogP contribution in [0.3, 0.4) is 0 Å². The van der Waals surface area contributed by atoms with Gasteiger partial charge in [-0.05, 0) is 31.8 Å². The maximum absolute atomic E-state index is 5.38. The molecule has 50 valence electrons. The Morgan fingerprint density at radius 2 is 2.38 bits per heavy atom. The van der Waals surface area contributed by atoms with Gasteiger partial charge in [0.15, 0.2) is 0 Å². The molecule has 1 unspecified atom stereocenters. The first-order valence-electron chi connectivity index (χ1n) is 2.80. The van der Waals surface area contributed by atoms with Crippen molar-refractivity contribution in [1.29, 1.82) is 0 Å². The van der Waals surface area contributed by atoms with E-state index in [-0.39, 0.29) is 0 Å². The Hall–Kier alpha value is 0.270. The zero-order valence-corrected chi connectivity index (χ0v) is 6.12. The van der Waals surface area contributed by atoms with Gasteiger partial charge in [-0.2, -0.15) is 12.6 Å². The number of nitrogens with one attached hydrogen (secondary N) is 1. The van der Waals surface area contributed by atoms with Gasteiger partial charge in [0.1, 0.15) is 0 Å². The van der Waals surface area contributed by atoms with Gasteiger partial charge in [0.05, 0.1) is 0 Å². The van der Waals surface area contributed by atoms with Crippen LogP contribution in [0.5, 0.6) is 0 Å². The van der Waals surface area contributed by atoms with Crippen LogP contribution in [0.1, 0.15) is 0 Å². The average molecular weight is 134 g/mol. The molecule has 0 rings (SSSR count). The van der Waals surface area contributed by atoms with Crippen molar-refractivity contribution in [3.05, 3.63) is 0 Å². The molecule has 0 amide bonds. The maximum atomic E-state index is 5.38. The van der Waals surface area contributed by atoms with Crippen LogP contribution in [-0.2, 0) is 0 Å². The second kappa shape index (κ2) is 5.41. The summed E-state index contributed by atoms with van der Waals surface area (Å²) in [5.74, 6) is 1.40. The Morgan fingerprint density at radius 3 is 2.50 bits per heavy atom. The van der Waals surface area contributed by atoms with E-state index in [0.717, 1.165) is 18.8 Å². The fourth-order valence-corrected chi connectivity index (χ4v) is 0.789. The predicted molar refractivity (Wildman–Crippen MR) is 40.3 cm³/mol. The lowest BCUT2D eigenvalue weighted by Crippen LogP contribution is -2.26. The van der Waals surface area contributed by atoms with Crippen LogP contribution in [0.4, 0.5) is 0 Å². The van der Waals surface area contributed by atoms with Crippen LogP contribution in [0.25, 0.3) is 0 Å². The summed E-state index contributed by atoms with van der Waals surface area (Å²) < 4.78 is 0. The summed E-state index contributed by atoms with van der Waals surface area (Å²) in [6, 6.07) is 0. The minimum atomic E-state index is 0.531. The van der Waals surface area contributed by atoms with E-state index in [1.165, 1.54) is 0 Å². The molecule has 0 aliphatic carbocycles. The van der Waals surface area contributed by atoms with Gasteiger partial charge in [-0.3, -0.25) is 0 Å². The molecular formula is C5H14N2S. The van der Waals surface area contributed by atoms with E-state index in [0.29, 0.717) is 5.92 Å². The van der Waals surface area contributed by atoms with Gasteiger partial charge in [0.25, 0.3) is 0 Å². The van der Waals surface area contributed by atoms with Crippen molar-refractivity contribution in [2.24, 2.45) is 11.7 Å². The number of rotatable bonds is 4. The quantitative estimate of drug-likeness (QED) is 0.462. The van der Waals surface area contributed by atoms with Crippen molar-refractivity contribution in [3.63, 3.8) is 0 Å². The SMILES string of the molecule is CNCC(CN)CS. The van der Waals surface area contributed by atoms with Gasteiger partial charge in [-0.1, -0.05) is 0 Å². The zero-order chi connectivity index (χ0) is 6.41. The molecule has 0 aliphatic rings. The molecule has 0 aromatic rings. The molecule has 0 bridgehead atoms. The molecule has 0 aromatic heterocycles. The highest BCUT2D eigenvalue weighted by Crippen LogP contribution is 1.92. The van der Waals surface area contributed by atoms with E-state index in [4.69, 9.17) is 5.73 Å². The second-order valence-electron chi connectivity index (χ2n) is 1.84. The third kappa shape index (κ3) is 3.29. The van der Waals surface area contributed by atoms with Crippen molar-refractivity contribution >= 4 is 12.6 Å². The van der Waals surface area contributed by atoms with Crippen molar-refractivity contribution in [2.45, 2.75) is 0 Å². The number of thiol groups is 1. The second-order valence-corrected chi connectivity index (χ2v) is 2.21. The molecule has 0 heterocycles. The lowest BCUT2D eigenvalue weighted by atomic mass is 10.2. The normalized spacial score (nSPS) is 13.9. The van der Waals surface area contributed by atoms with Crippen LogP contribution < -0.4 is 11.1 Å². The average Bonchev–Trinajstić information content (AvgIpc) is 1.83. The highest BCUT2D eigenvalue weighted by atomic mass is 32.1. The third-order valence-corrected chi connectivity index (χ3v) is 1.60. The van der Waals surface area contributed by atoms with Crippen LogP contribution >= 0.6 is 12.6 Å². The van der Waals surface area contributed by atoms with Crippen molar-refractivity contribution in [2.75, 3.05) is 25.9 Å². The fourth-order valence-electron chi connectivity index (χ4n) is 0.511. The first-order valence-corrected chi connectivity index (χ1v) is 3.44. The molecule has 0 fully saturated rings. The number of hydrogen-bond acceptors (Lipinski definition) is 3. The molecule has 0 spiro atoms. The van der Waals surface area contributed by atoms with Gasteiger partial charge in [0, 0.05) is 0 Å². The molecule has 3 heteroatoms. The van der Waals surface area contributed by atoms with Gasteiger partial charge in [-0.25, -0.2) is 0 Å². The summed E-state index contributed by atoms with van der Waals surface area (Å²) in [5, 5.41) is 3.04. The molecular weight excluding hydrogens is 120 g/mol. The van der Waals surface area contributed by atoms with Crippen LogP contribution in [0.2, 0.25) is 0 Å². The lowest BCUT2D eigenvalue weighted by Gasteiger charge is -2.08. The molecule has 0 aromatic carbocycles.